The van der Waals surface area contributed by atoms with Gasteiger partial charge in [0.05, 0.1) is 13.2 Å². The molecule has 0 unspecified atom stereocenters. The van der Waals surface area contributed by atoms with Crippen molar-refractivity contribution in [3.8, 4) is 0 Å². The smallest absolute Gasteiger partial charge is 0.285 e. The maximum Gasteiger partial charge on any atom is 0.285 e. The first-order chi connectivity index (χ1) is 8.97. The molecule has 0 radical (unpaired) electrons. The first kappa shape index (κ1) is 15.0. The normalized spacial score (nSPS) is 10.5. The third-order valence-corrected chi connectivity index (χ3v) is 6.23. The molecule has 0 spiro atoms. The second kappa shape index (κ2) is 6.34. The largest absolute Gasteiger partial charge is 0.380 e. The molecule has 1 heterocycles. The zero-order chi connectivity index (χ0) is 14.0. The van der Waals surface area contributed by atoms with Gasteiger partial charge in [0.15, 0.2) is 0 Å². The van der Waals surface area contributed by atoms with Crippen molar-refractivity contribution in [2.24, 2.45) is 0 Å². The molecule has 1 aromatic carbocycles. The number of nitrogens with zero attached hydrogens (tertiary/aromatic N) is 1. The van der Waals surface area contributed by atoms with Gasteiger partial charge in [-0.3, -0.25) is 10.1 Å². The van der Waals surface area contributed by atoms with Gasteiger partial charge in [0.1, 0.15) is 0 Å². The van der Waals surface area contributed by atoms with Crippen LogP contribution in [0.2, 0.25) is 0 Å². The number of rotatable bonds is 4. The Bertz CT molecular complexity index is 611. The molecule has 0 amide bonds. The number of hydrogen-bond acceptors (Lipinski definition) is 4. The fourth-order valence-corrected chi connectivity index (χ4v) is 3.94. The van der Waals surface area contributed by atoms with E-state index in [1.54, 1.807) is 23.5 Å². The van der Waals surface area contributed by atoms with Crippen LogP contribution >= 0.6 is 59.1 Å². The molecule has 4 nitrogen and oxygen atoms in total. The topological polar surface area (TPSA) is 55.2 Å². The quantitative estimate of drug-likeness (QED) is 0.470. The van der Waals surface area contributed by atoms with E-state index in [4.69, 9.17) is 0 Å². The average Bonchev–Trinajstić information content (AvgIpc) is 2.67. The molecule has 2 rings (SSSR count). The van der Waals surface area contributed by atoms with Crippen LogP contribution in [-0.2, 0) is 6.54 Å². The molecule has 0 fully saturated rings. The van der Waals surface area contributed by atoms with Gasteiger partial charge in [-0.1, -0.05) is 0 Å². The zero-order valence-electron chi connectivity index (χ0n) is 9.32. The minimum absolute atomic E-state index is 0.0542. The standard InChI is InChI=1S/C11H7Br3N2O2S/c12-8-2-1-6(3-10(8)16(17)18)15-5-7-4-9(13)11(14)19-7/h1-4,15H,5H2. The van der Waals surface area contributed by atoms with Crippen molar-refractivity contribution < 1.29 is 4.92 Å². The number of nitrogens with one attached hydrogen (secondary N) is 1. The number of benzene rings is 1. The van der Waals surface area contributed by atoms with Gasteiger partial charge in [0.2, 0.25) is 0 Å². The van der Waals surface area contributed by atoms with Crippen LogP contribution in [-0.4, -0.2) is 4.92 Å². The van der Waals surface area contributed by atoms with Crippen LogP contribution in [0.15, 0.2) is 37.0 Å². The van der Waals surface area contributed by atoms with Crippen molar-refractivity contribution in [2.45, 2.75) is 6.54 Å². The summed E-state index contributed by atoms with van der Waals surface area (Å²) in [5.41, 5.74) is 0.772. The van der Waals surface area contributed by atoms with Crippen LogP contribution in [0, 0.1) is 10.1 Å². The molecular weight excluding hydrogens is 464 g/mol. The molecule has 0 aliphatic heterocycles. The lowest BCUT2D eigenvalue weighted by atomic mass is 10.3. The maximum absolute atomic E-state index is 10.8. The summed E-state index contributed by atoms with van der Waals surface area (Å²) in [6.45, 7) is 0.619. The Morgan fingerprint density at radius 1 is 1.21 bits per heavy atom. The molecule has 0 aliphatic carbocycles. The highest BCUT2D eigenvalue weighted by Crippen LogP contribution is 2.33. The van der Waals surface area contributed by atoms with Crippen molar-refractivity contribution in [2.75, 3.05) is 5.32 Å². The third-order valence-electron chi connectivity index (χ3n) is 2.31. The Labute approximate surface area is 138 Å². The number of thiophene rings is 1. The molecule has 0 aliphatic rings. The molecular formula is C11H7Br3N2O2S. The van der Waals surface area contributed by atoms with Gasteiger partial charge in [-0.05, 0) is 66.0 Å². The summed E-state index contributed by atoms with van der Waals surface area (Å²) in [5.74, 6) is 0. The Balaban J connectivity index is 2.11. The van der Waals surface area contributed by atoms with E-state index < -0.39 is 4.92 Å². The van der Waals surface area contributed by atoms with Gasteiger partial charge in [0, 0.05) is 27.6 Å². The van der Waals surface area contributed by atoms with E-state index in [0.717, 1.165) is 18.8 Å². The van der Waals surface area contributed by atoms with Crippen molar-refractivity contribution in [1.29, 1.82) is 0 Å². The Hall–Kier alpha value is -0.440. The molecule has 0 saturated carbocycles. The molecule has 19 heavy (non-hydrogen) atoms. The highest BCUT2D eigenvalue weighted by atomic mass is 79.9. The zero-order valence-corrected chi connectivity index (χ0v) is 14.9. The van der Waals surface area contributed by atoms with E-state index in [-0.39, 0.29) is 5.69 Å². The van der Waals surface area contributed by atoms with E-state index in [0.29, 0.717) is 11.0 Å². The number of halogens is 3. The predicted octanol–water partition coefficient (Wildman–Crippen LogP) is 5.56. The summed E-state index contributed by atoms with van der Waals surface area (Å²) >= 11 is 11.6. The summed E-state index contributed by atoms with van der Waals surface area (Å²) < 4.78 is 2.52. The maximum atomic E-state index is 10.8. The lowest BCUT2D eigenvalue weighted by molar-refractivity contribution is -0.385. The molecule has 100 valence electrons. The number of nitro groups is 1. The lowest BCUT2D eigenvalue weighted by Crippen LogP contribution is -1.98. The first-order valence-electron chi connectivity index (χ1n) is 5.09. The fraction of sp³-hybridized carbons (Fsp3) is 0.0909. The van der Waals surface area contributed by atoms with Crippen molar-refractivity contribution in [3.63, 3.8) is 0 Å². The number of nitro benzene ring substituents is 1. The Morgan fingerprint density at radius 3 is 2.53 bits per heavy atom. The van der Waals surface area contributed by atoms with Crippen molar-refractivity contribution >= 4 is 70.5 Å². The average molecular weight is 471 g/mol. The summed E-state index contributed by atoms with van der Waals surface area (Å²) in [5, 5.41) is 14.0. The van der Waals surface area contributed by atoms with Gasteiger partial charge in [-0.15, -0.1) is 11.3 Å². The van der Waals surface area contributed by atoms with Crippen LogP contribution in [0.3, 0.4) is 0 Å². The summed E-state index contributed by atoms with van der Waals surface area (Å²) in [6, 6.07) is 6.99. The van der Waals surface area contributed by atoms with Crippen molar-refractivity contribution in [3.05, 3.63) is 52.0 Å². The number of anilines is 1. The van der Waals surface area contributed by atoms with Gasteiger partial charge in [0.25, 0.3) is 5.69 Å². The molecule has 8 heteroatoms. The van der Waals surface area contributed by atoms with E-state index in [9.17, 15) is 10.1 Å². The van der Waals surface area contributed by atoms with Crippen molar-refractivity contribution in [1.82, 2.24) is 0 Å². The minimum Gasteiger partial charge on any atom is -0.380 e. The van der Waals surface area contributed by atoms with Crippen LogP contribution in [0.25, 0.3) is 0 Å². The second-order valence-corrected chi connectivity index (χ2v) is 7.77. The highest BCUT2D eigenvalue weighted by Gasteiger charge is 2.12. The predicted molar refractivity (Wildman–Crippen MR) is 87.8 cm³/mol. The fourth-order valence-electron chi connectivity index (χ4n) is 1.43. The van der Waals surface area contributed by atoms with Crippen LogP contribution in [0.5, 0.6) is 0 Å². The highest BCUT2D eigenvalue weighted by molar-refractivity contribution is 9.13. The second-order valence-electron chi connectivity index (χ2n) is 3.61. The molecule has 1 aromatic heterocycles. The summed E-state index contributed by atoms with van der Waals surface area (Å²) in [4.78, 5) is 11.6. The Morgan fingerprint density at radius 2 is 1.95 bits per heavy atom. The Kier molecular flexibility index (Phi) is 4.99. The minimum atomic E-state index is -0.409. The van der Waals surface area contributed by atoms with Crippen LogP contribution < -0.4 is 5.32 Å². The SMILES string of the molecule is O=[N+]([O-])c1cc(NCc2cc(Br)c(Br)s2)ccc1Br. The van der Waals surface area contributed by atoms with Gasteiger partial charge in [-0.2, -0.15) is 0 Å². The molecule has 2 aromatic rings. The van der Waals surface area contributed by atoms with E-state index in [1.807, 2.05) is 6.07 Å². The molecule has 0 saturated heterocycles. The lowest BCUT2D eigenvalue weighted by Gasteiger charge is -2.05. The van der Waals surface area contributed by atoms with E-state index in [2.05, 4.69) is 53.1 Å². The summed E-state index contributed by atoms with van der Waals surface area (Å²) in [6.07, 6.45) is 0. The third kappa shape index (κ3) is 3.77. The van der Waals surface area contributed by atoms with E-state index in [1.165, 1.54) is 6.07 Å². The van der Waals surface area contributed by atoms with Gasteiger partial charge in [-0.25, -0.2) is 0 Å². The van der Waals surface area contributed by atoms with Gasteiger partial charge >= 0.3 is 0 Å². The molecule has 0 atom stereocenters. The monoisotopic (exact) mass is 468 g/mol. The van der Waals surface area contributed by atoms with E-state index >= 15 is 0 Å². The number of hydrogen-bond donors (Lipinski definition) is 1. The molecule has 1 N–H and O–H groups in total. The molecule has 0 bridgehead atoms. The van der Waals surface area contributed by atoms with Gasteiger partial charge < -0.3 is 5.32 Å². The van der Waals surface area contributed by atoms with Crippen LogP contribution in [0.4, 0.5) is 11.4 Å². The first-order valence-corrected chi connectivity index (χ1v) is 8.28. The summed E-state index contributed by atoms with van der Waals surface area (Å²) in [7, 11) is 0. The van der Waals surface area contributed by atoms with Crippen LogP contribution in [0.1, 0.15) is 4.88 Å².